The van der Waals surface area contributed by atoms with Crippen LogP contribution >= 0.6 is 11.6 Å². The van der Waals surface area contributed by atoms with Gasteiger partial charge in [-0.05, 0) is 37.0 Å². The van der Waals surface area contributed by atoms with Gasteiger partial charge in [-0.15, -0.1) is 0 Å². The van der Waals surface area contributed by atoms with Crippen molar-refractivity contribution in [3.63, 3.8) is 0 Å². The van der Waals surface area contributed by atoms with Crippen LogP contribution in [0.3, 0.4) is 0 Å². The number of amides is 1. The van der Waals surface area contributed by atoms with Crippen molar-refractivity contribution >= 4 is 17.5 Å². The molecule has 0 spiro atoms. The quantitative estimate of drug-likeness (QED) is 0.869. The molecule has 2 atom stereocenters. The third-order valence-corrected chi connectivity index (χ3v) is 3.72. The third kappa shape index (κ3) is 3.91. The number of ether oxygens (including phenoxy) is 1. The molecule has 1 amide bonds. The third-order valence-electron chi connectivity index (χ3n) is 3.37. The lowest BCUT2D eigenvalue weighted by Crippen LogP contribution is -2.36. The van der Waals surface area contributed by atoms with Crippen LogP contribution in [0.25, 0.3) is 0 Å². The Balaban J connectivity index is 1.77. The lowest BCUT2D eigenvalue weighted by atomic mass is 10.1. The minimum atomic E-state index is -0.410. The van der Waals surface area contributed by atoms with Gasteiger partial charge in [-0.3, -0.25) is 4.79 Å². The summed E-state index contributed by atoms with van der Waals surface area (Å²) in [4.78, 5) is 11.9. The average Bonchev–Trinajstić information content (AvgIpc) is 2.90. The van der Waals surface area contributed by atoms with E-state index in [0.29, 0.717) is 31.0 Å². The SMILES string of the molecule is NC[C@H]1CC[C@@H](C(=O)NCCc2ccc(F)cc2Cl)O1. The maximum atomic E-state index is 12.9. The minimum absolute atomic E-state index is 0.0164. The van der Waals surface area contributed by atoms with E-state index in [1.54, 1.807) is 6.07 Å². The zero-order valence-electron chi connectivity index (χ0n) is 11.1. The Labute approximate surface area is 122 Å². The van der Waals surface area contributed by atoms with Crippen molar-refractivity contribution < 1.29 is 13.9 Å². The average molecular weight is 301 g/mol. The summed E-state index contributed by atoms with van der Waals surface area (Å²) in [6.45, 7) is 0.881. The molecule has 1 aliphatic heterocycles. The van der Waals surface area contributed by atoms with E-state index >= 15 is 0 Å². The molecule has 1 saturated heterocycles. The van der Waals surface area contributed by atoms with Crippen LogP contribution in [0, 0.1) is 5.82 Å². The predicted octanol–water partition coefficient (Wildman–Crippen LogP) is 1.64. The van der Waals surface area contributed by atoms with Crippen LogP contribution in [0.4, 0.5) is 4.39 Å². The van der Waals surface area contributed by atoms with Gasteiger partial charge in [-0.1, -0.05) is 17.7 Å². The first-order chi connectivity index (χ1) is 9.60. The topological polar surface area (TPSA) is 64.4 Å². The lowest BCUT2D eigenvalue weighted by Gasteiger charge is -2.13. The van der Waals surface area contributed by atoms with Crippen molar-refractivity contribution in [1.82, 2.24) is 5.32 Å². The molecule has 1 fully saturated rings. The summed E-state index contributed by atoms with van der Waals surface area (Å²) < 4.78 is 18.4. The molecule has 0 aliphatic carbocycles. The van der Waals surface area contributed by atoms with E-state index in [0.717, 1.165) is 12.0 Å². The second-order valence-electron chi connectivity index (χ2n) is 4.84. The molecule has 0 radical (unpaired) electrons. The fraction of sp³-hybridized carbons (Fsp3) is 0.500. The highest BCUT2D eigenvalue weighted by atomic mass is 35.5. The molecular formula is C14H18ClFN2O2. The Morgan fingerprint density at radius 2 is 2.30 bits per heavy atom. The fourth-order valence-corrected chi connectivity index (χ4v) is 2.49. The van der Waals surface area contributed by atoms with Crippen molar-refractivity contribution in [2.24, 2.45) is 5.73 Å². The number of hydrogen-bond donors (Lipinski definition) is 2. The zero-order valence-corrected chi connectivity index (χ0v) is 11.8. The molecule has 4 nitrogen and oxygen atoms in total. The Kier molecular flexibility index (Phi) is 5.34. The number of carbonyl (C=O) groups is 1. The van der Waals surface area contributed by atoms with E-state index in [-0.39, 0.29) is 17.8 Å². The van der Waals surface area contributed by atoms with E-state index in [1.165, 1.54) is 12.1 Å². The van der Waals surface area contributed by atoms with Crippen molar-refractivity contribution in [3.8, 4) is 0 Å². The monoisotopic (exact) mass is 300 g/mol. The first kappa shape index (κ1) is 15.2. The molecule has 3 N–H and O–H groups in total. The number of benzene rings is 1. The van der Waals surface area contributed by atoms with Crippen LogP contribution in [0.2, 0.25) is 5.02 Å². The van der Waals surface area contributed by atoms with E-state index in [4.69, 9.17) is 22.1 Å². The van der Waals surface area contributed by atoms with Crippen LogP contribution in [0.1, 0.15) is 18.4 Å². The maximum Gasteiger partial charge on any atom is 0.249 e. The highest BCUT2D eigenvalue weighted by molar-refractivity contribution is 6.31. The van der Waals surface area contributed by atoms with Crippen molar-refractivity contribution in [3.05, 3.63) is 34.6 Å². The first-order valence-corrected chi connectivity index (χ1v) is 7.05. The smallest absolute Gasteiger partial charge is 0.249 e. The van der Waals surface area contributed by atoms with Gasteiger partial charge >= 0.3 is 0 Å². The van der Waals surface area contributed by atoms with Gasteiger partial charge in [0.15, 0.2) is 0 Å². The largest absolute Gasteiger partial charge is 0.364 e. The van der Waals surface area contributed by atoms with Crippen molar-refractivity contribution in [2.75, 3.05) is 13.1 Å². The molecule has 1 aromatic rings. The van der Waals surface area contributed by atoms with Gasteiger partial charge in [-0.2, -0.15) is 0 Å². The first-order valence-electron chi connectivity index (χ1n) is 6.67. The molecule has 0 unspecified atom stereocenters. The number of nitrogens with one attached hydrogen (secondary N) is 1. The van der Waals surface area contributed by atoms with Gasteiger partial charge in [0.2, 0.25) is 5.91 Å². The van der Waals surface area contributed by atoms with Gasteiger partial charge in [0, 0.05) is 18.1 Å². The predicted molar refractivity (Wildman–Crippen MR) is 75.1 cm³/mol. The number of carbonyl (C=O) groups excluding carboxylic acids is 1. The number of hydrogen-bond acceptors (Lipinski definition) is 3. The molecule has 0 aromatic heterocycles. The van der Waals surface area contributed by atoms with E-state index in [9.17, 15) is 9.18 Å². The Morgan fingerprint density at radius 1 is 1.50 bits per heavy atom. The highest BCUT2D eigenvalue weighted by Crippen LogP contribution is 2.19. The molecule has 0 saturated carbocycles. The number of nitrogens with two attached hydrogens (primary N) is 1. The summed E-state index contributed by atoms with van der Waals surface area (Å²) in [5, 5.41) is 3.18. The molecule has 6 heteroatoms. The molecule has 1 aromatic carbocycles. The number of rotatable bonds is 5. The zero-order chi connectivity index (χ0) is 14.5. The normalized spacial score (nSPS) is 21.9. The number of halogens is 2. The summed E-state index contributed by atoms with van der Waals surface area (Å²) in [5.41, 5.74) is 6.31. The van der Waals surface area contributed by atoms with Gasteiger partial charge in [0.05, 0.1) is 6.10 Å². The summed E-state index contributed by atoms with van der Waals surface area (Å²) in [7, 11) is 0. The maximum absolute atomic E-state index is 12.9. The highest BCUT2D eigenvalue weighted by Gasteiger charge is 2.29. The summed E-state index contributed by atoms with van der Waals surface area (Å²) in [6, 6.07) is 4.25. The van der Waals surface area contributed by atoms with Gasteiger partial charge in [-0.25, -0.2) is 4.39 Å². The van der Waals surface area contributed by atoms with Crippen molar-refractivity contribution in [1.29, 1.82) is 0 Å². The standard InChI is InChI=1S/C14H18ClFN2O2/c15-12-7-10(16)2-1-9(12)5-6-18-14(19)13-4-3-11(8-17)20-13/h1-2,7,11,13H,3-6,8,17H2,(H,18,19)/t11-,13+/m1/s1. The van der Waals surface area contributed by atoms with Gasteiger partial charge in [0.1, 0.15) is 11.9 Å². The Hall–Kier alpha value is -1.17. The molecule has 110 valence electrons. The van der Waals surface area contributed by atoms with Crippen molar-refractivity contribution in [2.45, 2.75) is 31.5 Å². The van der Waals surface area contributed by atoms with Gasteiger partial charge < -0.3 is 15.8 Å². The van der Waals surface area contributed by atoms with Crippen LogP contribution in [-0.4, -0.2) is 31.2 Å². The van der Waals surface area contributed by atoms with Gasteiger partial charge in [0.25, 0.3) is 0 Å². The van der Waals surface area contributed by atoms with Crippen LogP contribution in [0.15, 0.2) is 18.2 Å². The minimum Gasteiger partial charge on any atom is -0.364 e. The molecule has 20 heavy (non-hydrogen) atoms. The fourth-order valence-electron chi connectivity index (χ4n) is 2.23. The van der Waals surface area contributed by atoms with Crippen LogP contribution in [0.5, 0.6) is 0 Å². The molecule has 1 aliphatic rings. The summed E-state index contributed by atoms with van der Waals surface area (Å²) >= 11 is 5.92. The Bertz CT molecular complexity index is 484. The van der Waals surface area contributed by atoms with E-state index in [1.807, 2.05) is 0 Å². The van der Waals surface area contributed by atoms with E-state index in [2.05, 4.69) is 5.32 Å². The molecular weight excluding hydrogens is 283 g/mol. The summed E-state index contributed by atoms with van der Waals surface area (Å²) in [6.07, 6.45) is 1.64. The Morgan fingerprint density at radius 3 is 2.95 bits per heavy atom. The molecule has 1 heterocycles. The molecule has 2 rings (SSSR count). The second kappa shape index (κ2) is 7.02. The van der Waals surface area contributed by atoms with Crippen LogP contribution in [-0.2, 0) is 16.0 Å². The van der Waals surface area contributed by atoms with Crippen LogP contribution < -0.4 is 11.1 Å². The summed E-state index contributed by atoms with van der Waals surface area (Å²) in [5.74, 6) is -0.492. The molecule has 0 bridgehead atoms. The van der Waals surface area contributed by atoms with E-state index < -0.39 is 6.10 Å². The second-order valence-corrected chi connectivity index (χ2v) is 5.24. The lowest BCUT2D eigenvalue weighted by molar-refractivity contribution is -0.131.